The molecule has 1 atom stereocenters. The first-order valence-electron chi connectivity index (χ1n) is 8.70. The molecule has 24 heavy (non-hydrogen) atoms. The van der Waals surface area contributed by atoms with Gasteiger partial charge in [0.2, 0.25) is 0 Å². The zero-order valence-corrected chi connectivity index (χ0v) is 14.5. The topological polar surface area (TPSA) is 50.3 Å². The molecule has 0 spiro atoms. The van der Waals surface area contributed by atoms with E-state index < -0.39 is 0 Å². The maximum Gasteiger partial charge on any atom is 0.130 e. The van der Waals surface area contributed by atoms with Gasteiger partial charge < -0.3 is 10.1 Å². The smallest absolute Gasteiger partial charge is 0.130 e. The van der Waals surface area contributed by atoms with Crippen LogP contribution in [0.1, 0.15) is 30.0 Å². The molecular formula is C19H26N4O. The Morgan fingerprint density at radius 2 is 1.92 bits per heavy atom. The van der Waals surface area contributed by atoms with Crippen LogP contribution in [0.5, 0.6) is 0 Å². The number of morpholine rings is 1. The first-order chi connectivity index (χ1) is 11.7. The molecule has 5 heteroatoms. The average Bonchev–Trinajstić information content (AvgIpc) is 2.62. The van der Waals surface area contributed by atoms with Gasteiger partial charge in [-0.1, -0.05) is 37.3 Å². The Labute approximate surface area is 144 Å². The minimum atomic E-state index is 0.198. The molecule has 0 radical (unpaired) electrons. The van der Waals surface area contributed by atoms with Gasteiger partial charge in [0.1, 0.15) is 11.6 Å². The van der Waals surface area contributed by atoms with Gasteiger partial charge in [-0.25, -0.2) is 9.97 Å². The van der Waals surface area contributed by atoms with E-state index in [-0.39, 0.29) is 6.04 Å². The molecule has 1 aromatic carbocycles. The van der Waals surface area contributed by atoms with Crippen LogP contribution in [-0.2, 0) is 11.2 Å². The van der Waals surface area contributed by atoms with Crippen LogP contribution >= 0.6 is 0 Å². The summed E-state index contributed by atoms with van der Waals surface area (Å²) in [5.41, 5.74) is 2.35. The third-order valence-electron chi connectivity index (χ3n) is 4.32. The van der Waals surface area contributed by atoms with Crippen LogP contribution < -0.4 is 5.32 Å². The lowest BCUT2D eigenvalue weighted by Crippen LogP contribution is -2.40. The van der Waals surface area contributed by atoms with Gasteiger partial charge in [-0.15, -0.1) is 0 Å². The number of hydrogen-bond donors (Lipinski definition) is 1. The fourth-order valence-electron chi connectivity index (χ4n) is 3.02. The van der Waals surface area contributed by atoms with E-state index in [2.05, 4.69) is 63.5 Å². The second kappa shape index (κ2) is 8.22. The number of rotatable bonds is 6. The normalized spacial score (nSPS) is 16.8. The first-order valence-corrected chi connectivity index (χ1v) is 8.70. The Morgan fingerprint density at radius 1 is 1.17 bits per heavy atom. The van der Waals surface area contributed by atoms with Crippen LogP contribution in [0.25, 0.3) is 0 Å². The largest absolute Gasteiger partial charge is 0.379 e. The molecule has 3 rings (SSSR count). The molecule has 2 heterocycles. The van der Waals surface area contributed by atoms with Crippen molar-refractivity contribution in [2.75, 3.05) is 38.2 Å². The molecule has 0 saturated carbocycles. The maximum absolute atomic E-state index is 5.47. The summed E-state index contributed by atoms with van der Waals surface area (Å²) in [6, 6.07) is 12.8. The zero-order valence-electron chi connectivity index (χ0n) is 14.5. The molecule has 1 aliphatic rings. The van der Waals surface area contributed by atoms with Crippen molar-refractivity contribution >= 4 is 5.82 Å². The van der Waals surface area contributed by atoms with Crippen LogP contribution in [-0.4, -0.2) is 47.7 Å². The van der Waals surface area contributed by atoms with Crippen molar-refractivity contribution < 1.29 is 4.74 Å². The minimum absolute atomic E-state index is 0.198. The highest BCUT2D eigenvalue weighted by atomic mass is 16.5. The van der Waals surface area contributed by atoms with Gasteiger partial charge in [-0.2, -0.15) is 0 Å². The molecule has 5 nitrogen and oxygen atoms in total. The zero-order chi connectivity index (χ0) is 16.8. The number of ether oxygens (including phenoxy) is 1. The number of aromatic nitrogens is 2. The van der Waals surface area contributed by atoms with Crippen molar-refractivity contribution in [1.29, 1.82) is 0 Å². The second-order valence-electron chi connectivity index (χ2n) is 6.17. The molecular weight excluding hydrogens is 300 g/mol. The molecule has 0 amide bonds. The van der Waals surface area contributed by atoms with E-state index >= 15 is 0 Å². The fourth-order valence-corrected chi connectivity index (χ4v) is 3.02. The van der Waals surface area contributed by atoms with Crippen LogP contribution in [0.3, 0.4) is 0 Å². The Balaban J connectivity index is 1.80. The summed E-state index contributed by atoms with van der Waals surface area (Å²) in [7, 11) is 0. The van der Waals surface area contributed by atoms with Gasteiger partial charge in [0.15, 0.2) is 0 Å². The van der Waals surface area contributed by atoms with E-state index in [4.69, 9.17) is 4.74 Å². The number of nitrogens with one attached hydrogen (secondary N) is 1. The molecule has 1 saturated heterocycles. The predicted octanol–water partition coefficient (Wildman–Crippen LogP) is 2.83. The number of benzene rings is 1. The lowest BCUT2D eigenvalue weighted by Gasteiger charge is -2.31. The summed E-state index contributed by atoms with van der Waals surface area (Å²) >= 11 is 0. The average molecular weight is 326 g/mol. The SMILES string of the molecule is CCc1cc(NC(CN2CCOCC2)c2ccccc2)nc(C)n1. The van der Waals surface area contributed by atoms with Crippen LogP contribution in [0.2, 0.25) is 0 Å². The van der Waals surface area contributed by atoms with Crippen molar-refractivity contribution in [2.45, 2.75) is 26.3 Å². The third kappa shape index (κ3) is 4.52. The molecule has 1 fully saturated rings. The highest BCUT2D eigenvalue weighted by Crippen LogP contribution is 2.21. The summed E-state index contributed by atoms with van der Waals surface area (Å²) in [6.45, 7) is 8.60. The molecule has 0 bridgehead atoms. The highest BCUT2D eigenvalue weighted by Gasteiger charge is 2.19. The number of hydrogen-bond acceptors (Lipinski definition) is 5. The molecule has 0 aliphatic carbocycles. The second-order valence-corrected chi connectivity index (χ2v) is 6.17. The van der Waals surface area contributed by atoms with E-state index in [0.717, 1.165) is 56.6 Å². The monoisotopic (exact) mass is 326 g/mol. The van der Waals surface area contributed by atoms with Gasteiger partial charge in [0.05, 0.1) is 19.3 Å². The quantitative estimate of drug-likeness (QED) is 0.884. The van der Waals surface area contributed by atoms with Crippen molar-refractivity contribution in [3.8, 4) is 0 Å². The summed E-state index contributed by atoms with van der Waals surface area (Å²) in [5, 5.41) is 3.62. The summed E-state index contributed by atoms with van der Waals surface area (Å²) in [4.78, 5) is 11.5. The van der Waals surface area contributed by atoms with E-state index in [1.165, 1.54) is 5.56 Å². The van der Waals surface area contributed by atoms with E-state index in [1.54, 1.807) is 0 Å². The van der Waals surface area contributed by atoms with Gasteiger partial charge in [-0.3, -0.25) is 4.90 Å². The van der Waals surface area contributed by atoms with Gasteiger partial charge in [0.25, 0.3) is 0 Å². The van der Waals surface area contributed by atoms with Crippen molar-refractivity contribution in [2.24, 2.45) is 0 Å². The maximum atomic E-state index is 5.47. The Bertz CT molecular complexity index is 641. The molecule has 1 unspecified atom stereocenters. The third-order valence-corrected chi connectivity index (χ3v) is 4.32. The fraction of sp³-hybridized carbons (Fsp3) is 0.474. The van der Waals surface area contributed by atoms with Crippen molar-refractivity contribution in [3.05, 3.63) is 53.5 Å². The highest BCUT2D eigenvalue weighted by molar-refractivity contribution is 5.40. The number of nitrogens with zero attached hydrogens (tertiary/aromatic N) is 3. The first kappa shape index (κ1) is 16.9. The van der Waals surface area contributed by atoms with Crippen molar-refractivity contribution in [3.63, 3.8) is 0 Å². The van der Waals surface area contributed by atoms with Gasteiger partial charge in [-0.05, 0) is 18.9 Å². The summed E-state index contributed by atoms with van der Waals surface area (Å²) < 4.78 is 5.47. The molecule has 1 aliphatic heterocycles. The van der Waals surface area contributed by atoms with Crippen LogP contribution in [0.15, 0.2) is 36.4 Å². The van der Waals surface area contributed by atoms with E-state index in [9.17, 15) is 0 Å². The van der Waals surface area contributed by atoms with Gasteiger partial charge in [0, 0.05) is 31.4 Å². The summed E-state index contributed by atoms with van der Waals surface area (Å²) in [5.74, 6) is 1.72. The van der Waals surface area contributed by atoms with E-state index in [0.29, 0.717) is 0 Å². The van der Waals surface area contributed by atoms with Crippen LogP contribution in [0, 0.1) is 6.92 Å². The lowest BCUT2D eigenvalue weighted by atomic mass is 10.1. The Hall–Kier alpha value is -1.98. The van der Waals surface area contributed by atoms with Gasteiger partial charge >= 0.3 is 0 Å². The predicted molar refractivity (Wildman–Crippen MR) is 96.2 cm³/mol. The minimum Gasteiger partial charge on any atom is -0.379 e. The van der Waals surface area contributed by atoms with E-state index in [1.807, 2.05) is 6.92 Å². The molecule has 2 aromatic rings. The standard InChI is InChI=1S/C19H26N4O/c1-3-17-13-19(21-15(2)20-17)22-18(16-7-5-4-6-8-16)14-23-9-11-24-12-10-23/h4-8,13,18H,3,9-12,14H2,1-2H3,(H,20,21,22). The Morgan fingerprint density at radius 3 is 2.62 bits per heavy atom. The molecule has 1 N–H and O–H groups in total. The Kier molecular flexibility index (Phi) is 5.77. The van der Waals surface area contributed by atoms with Crippen LogP contribution in [0.4, 0.5) is 5.82 Å². The molecule has 128 valence electrons. The lowest BCUT2D eigenvalue weighted by molar-refractivity contribution is 0.0360. The molecule has 1 aromatic heterocycles. The summed E-state index contributed by atoms with van der Waals surface area (Å²) in [6.07, 6.45) is 0.914. The van der Waals surface area contributed by atoms with Crippen molar-refractivity contribution in [1.82, 2.24) is 14.9 Å². The number of anilines is 1. The number of aryl methyl sites for hydroxylation is 2.